The zero-order chi connectivity index (χ0) is 39.1. The van der Waals surface area contributed by atoms with Gasteiger partial charge in [-0.05, 0) is 114 Å². The largest absolute Gasteiger partial charge is 0.309 e. The Hall–Kier alpha value is -7.24. The Morgan fingerprint density at radius 1 is 0.317 bits per heavy atom. The van der Waals surface area contributed by atoms with E-state index in [0.717, 1.165) is 11.4 Å². The Balaban J connectivity index is 0.970. The Morgan fingerprint density at radius 3 is 1.60 bits per heavy atom. The molecule has 0 N–H and O–H groups in total. The van der Waals surface area contributed by atoms with Crippen LogP contribution < -0.4 is 0 Å². The van der Waals surface area contributed by atoms with E-state index in [2.05, 4.69) is 202 Å². The minimum atomic E-state index is 1.16. The van der Waals surface area contributed by atoms with Gasteiger partial charge in [0.1, 0.15) is 0 Å². The highest BCUT2D eigenvalue weighted by atomic mass is 32.1. The lowest BCUT2D eigenvalue weighted by Gasteiger charge is -2.14. The Morgan fingerprint density at radius 2 is 0.883 bits per heavy atom. The average molecular weight is 797 g/mol. The molecule has 4 heteroatoms. The van der Waals surface area contributed by atoms with E-state index in [1.807, 2.05) is 22.7 Å². The van der Waals surface area contributed by atoms with E-state index >= 15 is 0 Å². The molecular weight excluding hydrogens is 765 g/mol. The van der Waals surface area contributed by atoms with Crippen molar-refractivity contribution >= 4 is 130 Å². The normalized spacial score (nSPS) is 12.3. The van der Waals surface area contributed by atoms with E-state index < -0.39 is 0 Å². The number of benzene rings is 10. The standard InChI is InChI=1S/C56H32N2S2/c1-2-10-39-35(9-1)21-26-48-51(39)47-32-50-36(27-29-59-50)31-49(47)57(48)37-22-17-33(18-23-37)34-19-24-38(25-20-34)58-54-44-15-7-4-12-41(44)40-11-3-6-14-43(40)52(54)53-55(58)45-16-8-5-13-42(45)46-28-30-60-56(46)53/h1-32H. The molecule has 0 saturated carbocycles. The molecule has 0 atom stereocenters. The summed E-state index contributed by atoms with van der Waals surface area (Å²) in [5, 5.41) is 22.6. The Kier molecular flexibility index (Phi) is 6.62. The van der Waals surface area contributed by atoms with Gasteiger partial charge in [0.25, 0.3) is 0 Å². The maximum absolute atomic E-state index is 2.56. The first-order valence-electron chi connectivity index (χ1n) is 20.5. The first kappa shape index (κ1) is 32.7. The van der Waals surface area contributed by atoms with Crippen molar-refractivity contribution in [1.82, 2.24) is 9.13 Å². The van der Waals surface area contributed by atoms with Crippen molar-refractivity contribution in [2.75, 3.05) is 0 Å². The van der Waals surface area contributed by atoms with Crippen LogP contribution in [0, 0.1) is 0 Å². The van der Waals surface area contributed by atoms with Crippen LogP contribution in [0.15, 0.2) is 193 Å². The minimum Gasteiger partial charge on any atom is -0.309 e. The maximum Gasteiger partial charge on any atom is 0.0634 e. The third-order valence-electron chi connectivity index (χ3n) is 13.0. The molecule has 60 heavy (non-hydrogen) atoms. The van der Waals surface area contributed by atoms with Gasteiger partial charge in [-0.25, -0.2) is 0 Å². The van der Waals surface area contributed by atoms with Crippen molar-refractivity contribution in [3.8, 4) is 22.5 Å². The zero-order valence-electron chi connectivity index (χ0n) is 32.2. The van der Waals surface area contributed by atoms with Crippen molar-refractivity contribution in [3.05, 3.63) is 193 Å². The minimum absolute atomic E-state index is 1.16. The first-order chi connectivity index (χ1) is 29.8. The van der Waals surface area contributed by atoms with Gasteiger partial charge in [0.15, 0.2) is 0 Å². The quantitative estimate of drug-likeness (QED) is 0.158. The van der Waals surface area contributed by atoms with Gasteiger partial charge >= 0.3 is 0 Å². The third kappa shape index (κ3) is 4.36. The maximum atomic E-state index is 2.56. The molecule has 0 unspecified atom stereocenters. The second kappa shape index (κ2) is 12.2. The number of fused-ring (bicyclic) bond motifs is 19. The van der Waals surface area contributed by atoms with E-state index in [-0.39, 0.29) is 0 Å². The highest BCUT2D eigenvalue weighted by molar-refractivity contribution is 7.18. The molecule has 4 aromatic heterocycles. The lowest BCUT2D eigenvalue weighted by Crippen LogP contribution is -1.96. The summed E-state index contributed by atoms with van der Waals surface area (Å²) in [4.78, 5) is 0. The predicted octanol–water partition coefficient (Wildman–Crippen LogP) is 16.6. The van der Waals surface area contributed by atoms with Gasteiger partial charge in [0.2, 0.25) is 0 Å². The van der Waals surface area contributed by atoms with Gasteiger partial charge in [0.05, 0.1) is 22.1 Å². The van der Waals surface area contributed by atoms with Gasteiger partial charge < -0.3 is 9.13 Å². The lowest BCUT2D eigenvalue weighted by atomic mass is 9.95. The molecule has 0 aliphatic rings. The molecule has 4 heterocycles. The summed E-state index contributed by atoms with van der Waals surface area (Å²) in [5.41, 5.74) is 9.72. The van der Waals surface area contributed by atoms with Crippen LogP contribution in [0.1, 0.15) is 0 Å². The molecule has 0 radical (unpaired) electrons. The van der Waals surface area contributed by atoms with Crippen LogP contribution in [0.25, 0.3) is 129 Å². The van der Waals surface area contributed by atoms with E-state index in [1.54, 1.807) is 0 Å². The summed E-state index contributed by atoms with van der Waals surface area (Å²) in [6, 6.07) is 67.9. The second-order valence-electron chi connectivity index (χ2n) is 16.0. The van der Waals surface area contributed by atoms with Gasteiger partial charge in [-0.3, -0.25) is 0 Å². The van der Waals surface area contributed by atoms with E-state index in [4.69, 9.17) is 0 Å². The fourth-order valence-electron chi connectivity index (χ4n) is 10.4. The topological polar surface area (TPSA) is 9.86 Å². The molecular formula is C56H32N2S2. The number of aromatic nitrogens is 2. The fraction of sp³-hybridized carbons (Fsp3) is 0. The number of hydrogen-bond acceptors (Lipinski definition) is 2. The highest BCUT2D eigenvalue weighted by Gasteiger charge is 2.24. The van der Waals surface area contributed by atoms with Crippen LogP contribution in [0.3, 0.4) is 0 Å². The SMILES string of the molecule is c1ccc2c(c1)ccc1c2c2cc3sccc3cc2n1-c1ccc(-c2ccc(-n3c4c5ccccc5c5ccccc5c4c4c5sccc5c5ccccc5c43)cc2)cc1. The first-order valence-corrected chi connectivity index (χ1v) is 22.2. The van der Waals surface area contributed by atoms with Crippen molar-refractivity contribution in [2.24, 2.45) is 0 Å². The van der Waals surface area contributed by atoms with Crippen LogP contribution in [0.4, 0.5) is 0 Å². The average Bonchev–Trinajstić information content (AvgIpc) is 4.12. The third-order valence-corrected chi connectivity index (χ3v) is 14.8. The number of rotatable bonds is 3. The van der Waals surface area contributed by atoms with Crippen molar-refractivity contribution in [1.29, 1.82) is 0 Å². The van der Waals surface area contributed by atoms with Gasteiger partial charge in [-0.1, -0.05) is 127 Å². The van der Waals surface area contributed by atoms with Crippen LogP contribution in [0.2, 0.25) is 0 Å². The lowest BCUT2D eigenvalue weighted by molar-refractivity contribution is 1.18. The molecule has 10 aromatic carbocycles. The molecule has 0 aliphatic heterocycles. The molecule has 0 amide bonds. The number of hydrogen-bond donors (Lipinski definition) is 0. The predicted molar refractivity (Wildman–Crippen MR) is 261 cm³/mol. The molecule has 0 aliphatic carbocycles. The monoisotopic (exact) mass is 796 g/mol. The molecule has 0 spiro atoms. The summed E-state index contributed by atoms with van der Waals surface area (Å²) in [6.45, 7) is 0. The molecule has 2 nitrogen and oxygen atoms in total. The van der Waals surface area contributed by atoms with Crippen LogP contribution in [0.5, 0.6) is 0 Å². The highest BCUT2D eigenvalue weighted by Crippen LogP contribution is 2.49. The Labute approximate surface area is 352 Å². The van der Waals surface area contributed by atoms with E-state index in [1.165, 1.54) is 118 Å². The molecule has 0 saturated heterocycles. The van der Waals surface area contributed by atoms with Gasteiger partial charge in [0, 0.05) is 58.5 Å². The fourth-order valence-corrected chi connectivity index (χ4v) is 12.2. The Bertz CT molecular complexity index is 4100. The van der Waals surface area contributed by atoms with Crippen molar-refractivity contribution < 1.29 is 0 Å². The molecule has 278 valence electrons. The summed E-state index contributed by atoms with van der Waals surface area (Å²) in [5.74, 6) is 0. The summed E-state index contributed by atoms with van der Waals surface area (Å²) in [7, 11) is 0. The number of nitrogens with zero attached hydrogens (tertiary/aromatic N) is 2. The van der Waals surface area contributed by atoms with Crippen molar-refractivity contribution in [3.63, 3.8) is 0 Å². The molecule has 14 rings (SSSR count). The van der Waals surface area contributed by atoms with Crippen LogP contribution in [-0.2, 0) is 0 Å². The molecule has 0 fully saturated rings. The van der Waals surface area contributed by atoms with E-state index in [0.29, 0.717) is 0 Å². The summed E-state index contributed by atoms with van der Waals surface area (Å²) < 4.78 is 7.68. The summed E-state index contributed by atoms with van der Waals surface area (Å²) in [6.07, 6.45) is 0. The number of thiophene rings is 2. The van der Waals surface area contributed by atoms with Gasteiger partial charge in [-0.2, -0.15) is 0 Å². The van der Waals surface area contributed by atoms with E-state index in [9.17, 15) is 0 Å². The zero-order valence-corrected chi connectivity index (χ0v) is 33.8. The smallest absolute Gasteiger partial charge is 0.0634 e. The second-order valence-corrected chi connectivity index (χ2v) is 17.9. The van der Waals surface area contributed by atoms with Crippen molar-refractivity contribution in [2.45, 2.75) is 0 Å². The van der Waals surface area contributed by atoms with Crippen LogP contribution >= 0.6 is 22.7 Å². The van der Waals surface area contributed by atoms with Crippen LogP contribution in [-0.4, -0.2) is 9.13 Å². The molecule has 14 aromatic rings. The van der Waals surface area contributed by atoms with Gasteiger partial charge in [-0.15, -0.1) is 22.7 Å². The molecule has 0 bridgehead atoms. The summed E-state index contributed by atoms with van der Waals surface area (Å²) >= 11 is 3.67.